The zero-order valence-electron chi connectivity index (χ0n) is 20.8. The number of likely N-dealkylation sites (N-methyl/N-ethyl adjacent to an activating group) is 1. The molecule has 0 saturated heterocycles. The number of pyridine rings is 1. The summed E-state index contributed by atoms with van der Waals surface area (Å²) >= 11 is 0. The van der Waals surface area contributed by atoms with E-state index in [1.165, 1.54) is 12.8 Å². The van der Waals surface area contributed by atoms with Crippen molar-refractivity contribution in [1.82, 2.24) is 14.8 Å². The first-order valence-corrected chi connectivity index (χ1v) is 12.4. The van der Waals surface area contributed by atoms with Crippen molar-refractivity contribution in [2.45, 2.75) is 45.3 Å². The number of hydrogen-bond acceptors (Lipinski definition) is 6. The SMILES string of the molecule is C[C@@H]1CN([C@H](C)CO)C(=O)Cc2cc(NC(=O)c3ccncc3)ccc2O[C@@H]1CN(C)CC1CC1. The van der Waals surface area contributed by atoms with Gasteiger partial charge in [-0.05, 0) is 63.1 Å². The van der Waals surface area contributed by atoms with E-state index < -0.39 is 0 Å². The van der Waals surface area contributed by atoms with Crippen LogP contribution in [0, 0.1) is 11.8 Å². The number of benzene rings is 1. The molecule has 188 valence electrons. The first kappa shape index (κ1) is 25.1. The topological polar surface area (TPSA) is 95.0 Å². The van der Waals surface area contributed by atoms with Crippen LogP contribution in [0.4, 0.5) is 5.69 Å². The third-order valence-electron chi connectivity index (χ3n) is 6.88. The van der Waals surface area contributed by atoms with E-state index in [0.717, 1.165) is 24.6 Å². The lowest BCUT2D eigenvalue weighted by Gasteiger charge is -2.34. The molecule has 1 fully saturated rings. The van der Waals surface area contributed by atoms with Crippen molar-refractivity contribution < 1.29 is 19.4 Å². The van der Waals surface area contributed by atoms with Gasteiger partial charge in [-0.15, -0.1) is 0 Å². The van der Waals surface area contributed by atoms with Crippen LogP contribution in [-0.4, -0.2) is 77.1 Å². The number of carbonyl (C=O) groups is 2. The second-order valence-electron chi connectivity index (χ2n) is 10.1. The molecule has 1 aromatic carbocycles. The Kier molecular flexibility index (Phi) is 8.03. The number of aromatic nitrogens is 1. The molecule has 0 spiro atoms. The number of hydrogen-bond donors (Lipinski definition) is 2. The molecular weight excluding hydrogens is 444 g/mol. The second-order valence-corrected chi connectivity index (χ2v) is 10.1. The second kappa shape index (κ2) is 11.2. The number of aliphatic hydroxyl groups excluding tert-OH is 1. The Morgan fingerprint density at radius 3 is 2.69 bits per heavy atom. The number of rotatable bonds is 8. The molecule has 0 radical (unpaired) electrons. The van der Waals surface area contributed by atoms with E-state index in [1.54, 1.807) is 29.4 Å². The van der Waals surface area contributed by atoms with Crippen molar-refractivity contribution in [3.05, 3.63) is 53.9 Å². The Morgan fingerprint density at radius 2 is 2.00 bits per heavy atom. The molecule has 1 aromatic heterocycles. The van der Waals surface area contributed by atoms with Gasteiger partial charge < -0.3 is 25.0 Å². The lowest BCUT2D eigenvalue weighted by atomic mass is 10.0. The van der Waals surface area contributed by atoms with Crippen LogP contribution in [0.5, 0.6) is 5.75 Å². The number of amides is 2. The van der Waals surface area contributed by atoms with E-state index in [9.17, 15) is 14.7 Å². The number of anilines is 1. The van der Waals surface area contributed by atoms with Crippen LogP contribution in [-0.2, 0) is 11.2 Å². The largest absolute Gasteiger partial charge is 0.488 e. The predicted molar refractivity (Wildman–Crippen MR) is 134 cm³/mol. The summed E-state index contributed by atoms with van der Waals surface area (Å²) < 4.78 is 6.55. The van der Waals surface area contributed by atoms with Crippen LogP contribution in [0.2, 0.25) is 0 Å². The fraction of sp³-hybridized carbons (Fsp3) is 0.519. The number of fused-ring (bicyclic) bond motifs is 1. The maximum absolute atomic E-state index is 13.3. The van der Waals surface area contributed by atoms with Crippen molar-refractivity contribution in [3.63, 3.8) is 0 Å². The van der Waals surface area contributed by atoms with Gasteiger partial charge in [0.25, 0.3) is 5.91 Å². The highest BCUT2D eigenvalue weighted by Crippen LogP contribution is 2.31. The van der Waals surface area contributed by atoms with Gasteiger partial charge in [0.05, 0.1) is 19.1 Å². The van der Waals surface area contributed by atoms with Crippen LogP contribution in [0.25, 0.3) is 0 Å². The van der Waals surface area contributed by atoms with Gasteiger partial charge >= 0.3 is 0 Å². The summed E-state index contributed by atoms with van der Waals surface area (Å²) in [5, 5.41) is 12.7. The molecule has 8 heteroatoms. The number of aliphatic hydroxyl groups is 1. The van der Waals surface area contributed by atoms with Crippen LogP contribution < -0.4 is 10.1 Å². The number of nitrogens with zero attached hydrogens (tertiary/aromatic N) is 3. The first-order chi connectivity index (χ1) is 16.8. The molecule has 1 aliphatic carbocycles. The quantitative estimate of drug-likeness (QED) is 0.603. The molecule has 2 heterocycles. The number of ether oxygens (including phenoxy) is 1. The van der Waals surface area contributed by atoms with Crippen molar-refractivity contribution in [3.8, 4) is 5.75 Å². The van der Waals surface area contributed by atoms with Crippen molar-refractivity contribution in [2.75, 3.05) is 38.6 Å². The Labute approximate surface area is 207 Å². The zero-order chi connectivity index (χ0) is 24.9. The molecule has 2 aliphatic rings. The summed E-state index contributed by atoms with van der Waals surface area (Å²) in [6.07, 6.45) is 5.75. The number of carbonyl (C=O) groups excluding carboxylic acids is 2. The average molecular weight is 481 g/mol. The lowest BCUT2D eigenvalue weighted by molar-refractivity contribution is -0.134. The van der Waals surface area contributed by atoms with Crippen LogP contribution in [0.1, 0.15) is 42.6 Å². The minimum atomic E-state index is -0.286. The lowest BCUT2D eigenvalue weighted by Crippen LogP contribution is -2.47. The van der Waals surface area contributed by atoms with Gasteiger partial charge in [-0.3, -0.25) is 14.6 Å². The fourth-order valence-corrected chi connectivity index (χ4v) is 4.55. The Bertz CT molecular complexity index is 1030. The highest BCUT2D eigenvalue weighted by atomic mass is 16.5. The number of nitrogens with one attached hydrogen (secondary N) is 1. The molecule has 35 heavy (non-hydrogen) atoms. The predicted octanol–water partition coefficient (Wildman–Crippen LogP) is 2.82. The van der Waals surface area contributed by atoms with Gasteiger partial charge in [-0.25, -0.2) is 0 Å². The molecule has 0 unspecified atom stereocenters. The van der Waals surface area contributed by atoms with E-state index in [0.29, 0.717) is 23.5 Å². The molecule has 3 atom stereocenters. The van der Waals surface area contributed by atoms with Crippen molar-refractivity contribution in [2.24, 2.45) is 11.8 Å². The van der Waals surface area contributed by atoms with Crippen LogP contribution in [0.3, 0.4) is 0 Å². The van der Waals surface area contributed by atoms with Gasteiger partial charge in [0.1, 0.15) is 11.9 Å². The molecule has 0 bridgehead atoms. The van der Waals surface area contributed by atoms with Gasteiger partial charge in [-0.2, -0.15) is 0 Å². The Hall–Kier alpha value is -2.97. The van der Waals surface area contributed by atoms with Crippen LogP contribution in [0.15, 0.2) is 42.7 Å². The van der Waals surface area contributed by atoms with Gasteiger partial charge in [0.2, 0.25) is 5.91 Å². The van der Waals surface area contributed by atoms with Gasteiger partial charge in [0.15, 0.2) is 0 Å². The van der Waals surface area contributed by atoms with E-state index in [-0.39, 0.29) is 42.9 Å². The van der Waals surface area contributed by atoms with Crippen LogP contribution >= 0.6 is 0 Å². The zero-order valence-corrected chi connectivity index (χ0v) is 20.8. The maximum atomic E-state index is 13.3. The molecule has 1 aliphatic heterocycles. The molecular formula is C27H36N4O4. The normalized spacial score (nSPS) is 21.4. The summed E-state index contributed by atoms with van der Waals surface area (Å²) in [6, 6.07) is 8.48. The van der Waals surface area contributed by atoms with E-state index in [2.05, 4.69) is 29.2 Å². The summed E-state index contributed by atoms with van der Waals surface area (Å²) in [5.41, 5.74) is 1.83. The third kappa shape index (κ3) is 6.58. The summed E-state index contributed by atoms with van der Waals surface area (Å²) in [5.74, 6) is 1.21. The minimum absolute atomic E-state index is 0.0622. The fourth-order valence-electron chi connectivity index (χ4n) is 4.55. The molecule has 8 nitrogen and oxygen atoms in total. The highest BCUT2D eigenvalue weighted by Gasteiger charge is 2.32. The van der Waals surface area contributed by atoms with E-state index in [1.807, 2.05) is 25.1 Å². The summed E-state index contributed by atoms with van der Waals surface area (Å²) in [7, 11) is 2.12. The highest BCUT2D eigenvalue weighted by molar-refractivity contribution is 6.04. The molecule has 1 saturated carbocycles. The summed E-state index contributed by atoms with van der Waals surface area (Å²) in [4.78, 5) is 34.0. The molecule has 2 aromatic rings. The van der Waals surface area contributed by atoms with Gasteiger partial charge in [-0.1, -0.05) is 6.92 Å². The molecule has 2 amide bonds. The monoisotopic (exact) mass is 480 g/mol. The minimum Gasteiger partial charge on any atom is -0.488 e. The Morgan fingerprint density at radius 1 is 1.26 bits per heavy atom. The first-order valence-electron chi connectivity index (χ1n) is 12.4. The van der Waals surface area contributed by atoms with Gasteiger partial charge in [0, 0.05) is 54.8 Å². The standard InChI is InChI=1S/C27H36N4O4/c1-18-14-31(19(2)17-32)26(33)13-22-12-23(29-27(34)21-8-10-28-11-9-21)6-7-24(22)35-25(18)16-30(3)15-20-4-5-20/h6-12,18-20,25,32H,4-5,13-17H2,1-3H3,(H,29,34)/t18-,19-,25-/m1/s1. The average Bonchev–Trinajstić information content (AvgIpc) is 3.66. The van der Waals surface area contributed by atoms with Crippen molar-refractivity contribution in [1.29, 1.82) is 0 Å². The summed E-state index contributed by atoms with van der Waals surface area (Å²) in [6.45, 7) is 6.20. The molecule has 4 rings (SSSR count). The third-order valence-corrected chi connectivity index (χ3v) is 6.88. The van der Waals surface area contributed by atoms with E-state index in [4.69, 9.17) is 4.74 Å². The smallest absolute Gasteiger partial charge is 0.255 e. The molecule has 2 N–H and O–H groups in total. The maximum Gasteiger partial charge on any atom is 0.255 e. The van der Waals surface area contributed by atoms with Crippen molar-refractivity contribution >= 4 is 17.5 Å². The van der Waals surface area contributed by atoms with E-state index >= 15 is 0 Å². The Balaban J connectivity index is 1.60.